The Hall–Kier alpha value is -1.22. The van der Waals surface area contributed by atoms with Gasteiger partial charge < -0.3 is 9.47 Å². The molecule has 0 amide bonds. The summed E-state index contributed by atoms with van der Waals surface area (Å²) < 4.78 is 39.3. The Morgan fingerprint density at radius 1 is 1.40 bits per heavy atom. The number of piperidine rings is 1. The predicted molar refractivity (Wildman–Crippen MR) is 94.6 cm³/mol. The molecule has 1 aromatic heterocycles. The third-order valence-corrected chi connectivity index (χ3v) is 7.27. The summed E-state index contributed by atoms with van der Waals surface area (Å²) in [5.41, 5.74) is -0.198. The second-order valence-corrected chi connectivity index (χ2v) is 9.06. The molecule has 3 heterocycles. The van der Waals surface area contributed by atoms with Crippen LogP contribution in [0.2, 0.25) is 0 Å². The van der Waals surface area contributed by atoms with E-state index in [0.717, 1.165) is 38.0 Å². The molecule has 2 aliphatic heterocycles. The van der Waals surface area contributed by atoms with E-state index in [1.165, 1.54) is 4.31 Å². The lowest BCUT2D eigenvalue weighted by molar-refractivity contribution is -0.0593. The van der Waals surface area contributed by atoms with Gasteiger partial charge in [-0.15, -0.1) is 0 Å². The first kappa shape index (κ1) is 18.6. The maximum absolute atomic E-state index is 12.3. The number of aromatic nitrogens is 1. The lowest BCUT2D eigenvalue weighted by Gasteiger charge is -2.42. The van der Waals surface area contributed by atoms with Crippen LogP contribution in [0.1, 0.15) is 25.7 Å². The maximum atomic E-state index is 12.3. The van der Waals surface area contributed by atoms with E-state index >= 15 is 0 Å². The Kier molecular flexibility index (Phi) is 5.62. The van der Waals surface area contributed by atoms with Crippen molar-refractivity contribution in [2.24, 2.45) is 5.92 Å². The normalized spacial score (nSPS) is 24.0. The van der Waals surface area contributed by atoms with Gasteiger partial charge in [0, 0.05) is 40.0 Å². The fourth-order valence-electron chi connectivity index (χ4n) is 3.82. The van der Waals surface area contributed by atoms with Gasteiger partial charge in [0.15, 0.2) is 0 Å². The van der Waals surface area contributed by atoms with Crippen LogP contribution in [-0.2, 0) is 14.9 Å². The number of hydrogen-bond donors (Lipinski definition) is 0. The smallest absolute Gasteiger partial charge is 0.281 e. The van der Waals surface area contributed by atoms with Crippen LogP contribution < -0.4 is 4.74 Å². The summed E-state index contributed by atoms with van der Waals surface area (Å²) in [6.07, 6.45) is 6.86. The highest BCUT2D eigenvalue weighted by atomic mass is 32.2. The van der Waals surface area contributed by atoms with Crippen molar-refractivity contribution < 1.29 is 17.9 Å². The Labute approximate surface area is 150 Å². The van der Waals surface area contributed by atoms with Gasteiger partial charge in [-0.1, -0.05) is 0 Å². The first-order valence-electron chi connectivity index (χ1n) is 8.78. The highest BCUT2D eigenvalue weighted by molar-refractivity contribution is 7.86. The van der Waals surface area contributed by atoms with Crippen molar-refractivity contribution in [3.05, 3.63) is 24.5 Å². The maximum Gasteiger partial charge on any atom is 0.281 e. The second-order valence-electron chi connectivity index (χ2n) is 6.91. The average Bonchev–Trinajstić information content (AvgIpc) is 2.98. The summed E-state index contributed by atoms with van der Waals surface area (Å²) in [6, 6.07) is 3.76. The Balaban J connectivity index is 1.55. The first-order valence-corrected chi connectivity index (χ1v) is 10.2. The van der Waals surface area contributed by atoms with Crippen LogP contribution in [0.3, 0.4) is 0 Å². The van der Waals surface area contributed by atoms with Gasteiger partial charge in [0.25, 0.3) is 10.2 Å². The van der Waals surface area contributed by atoms with Gasteiger partial charge in [-0.05, 0) is 43.7 Å². The van der Waals surface area contributed by atoms with E-state index in [4.69, 9.17) is 9.47 Å². The van der Waals surface area contributed by atoms with E-state index in [1.807, 2.05) is 12.1 Å². The second kappa shape index (κ2) is 7.57. The fraction of sp³-hybridized carbons (Fsp3) is 0.706. The van der Waals surface area contributed by atoms with Crippen LogP contribution in [0.25, 0.3) is 0 Å². The van der Waals surface area contributed by atoms with Crippen LogP contribution in [0.15, 0.2) is 24.5 Å². The zero-order chi connectivity index (χ0) is 17.9. The molecule has 1 aromatic rings. The molecule has 0 saturated carbocycles. The van der Waals surface area contributed by atoms with Crippen molar-refractivity contribution in [3.8, 4) is 5.75 Å². The van der Waals surface area contributed by atoms with E-state index in [-0.39, 0.29) is 5.60 Å². The lowest BCUT2D eigenvalue weighted by Crippen LogP contribution is -2.51. The number of hydrogen-bond acceptors (Lipinski definition) is 5. The molecule has 1 spiro atoms. The van der Waals surface area contributed by atoms with Crippen LogP contribution in [0.5, 0.6) is 5.75 Å². The van der Waals surface area contributed by atoms with Crippen LogP contribution in [-0.4, -0.2) is 68.0 Å². The van der Waals surface area contributed by atoms with Gasteiger partial charge in [0.05, 0.1) is 18.4 Å². The quantitative estimate of drug-likeness (QED) is 0.760. The van der Waals surface area contributed by atoms with Gasteiger partial charge in [0.1, 0.15) is 5.75 Å². The highest BCUT2D eigenvalue weighted by Gasteiger charge is 2.47. The zero-order valence-electron chi connectivity index (χ0n) is 14.9. The topological polar surface area (TPSA) is 72.0 Å². The summed E-state index contributed by atoms with van der Waals surface area (Å²) in [4.78, 5) is 4.05. The van der Waals surface area contributed by atoms with Gasteiger partial charge >= 0.3 is 0 Å². The molecule has 1 atom stereocenters. The highest BCUT2D eigenvalue weighted by Crippen LogP contribution is 2.42. The largest absolute Gasteiger partial charge is 0.492 e. The van der Waals surface area contributed by atoms with E-state index < -0.39 is 10.2 Å². The van der Waals surface area contributed by atoms with Crippen molar-refractivity contribution in [3.63, 3.8) is 0 Å². The van der Waals surface area contributed by atoms with E-state index in [9.17, 15) is 8.42 Å². The van der Waals surface area contributed by atoms with Crippen LogP contribution in [0, 0.1) is 5.92 Å². The molecule has 0 radical (unpaired) electrons. The molecule has 2 saturated heterocycles. The molecule has 0 aromatic carbocycles. The molecular weight excluding hydrogens is 342 g/mol. The molecule has 7 nitrogen and oxygen atoms in total. The molecule has 0 bridgehead atoms. The minimum atomic E-state index is -3.34. The standard InChI is InChI=1S/C17H27N3O4S/c1-19(2)25(21,22)20-10-7-17(8-11-20)15(6-13-24-17)5-12-23-16-4-3-9-18-14-16/h3-4,9,14-15H,5-8,10-13H2,1-2H3. The molecule has 2 aliphatic rings. The zero-order valence-corrected chi connectivity index (χ0v) is 15.7. The molecule has 0 aliphatic carbocycles. The summed E-state index contributed by atoms with van der Waals surface area (Å²) in [5.74, 6) is 1.19. The predicted octanol–water partition coefficient (Wildman–Crippen LogP) is 1.53. The molecule has 2 fully saturated rings. The number of rotatable bonds is 6. The average molecular weight is 369 g/mol. The van der Waals surface area contributed by atoms with Gasteiger partial charge in [0.2, 0.25) is 0 Å². The van der Waals surface area contributed by atoms with Crippen molar-refractivity contribution in [1.82, 2.24) is 13.6 Å². The Bertz CT molecular complexity index is 658. The SMILES string of the molecule is CN(C)S(=O)(=O)N1CCC2(CC1)OCCC2CCOc1cccnc1. The Morgan fingerprint density at radius 3 is 2.80 bits per heavy atom. The molecule has 3 rings (SSSR count). The molecule has 8 heteroatoms. The summed E-state index contributed by atoms with van der Waals surface area (Å²) in [5, 5.41) is 0. The number of pyridine rings is 1. The summed E-state index contributed by atoms with van der Waals surface area (Å²) in [6.45, 7) is 2.40. The molecule has 1 unspecified atom stereocenters. The minimum Gasteiger partial charge on any atom is -0.492 e. The summed E-state index contributed by atoms with van der Waals surface area (Å²) in [7, 11) is -0.190. The first-order chi connectivity index (χ1) is 11.9. The van der Waals surface area contributed by atoms with Crippen molar-refractivity contribution in [1.29, 1.82) is 0 Å². The monoisotopic (exact) mass is 369 g/mol. The minimum absolute atomic E-state index is 0.198. The summed E-state index contributed by atoms with van der Waals surface area (Å²) >= 11 is 0. The van der Waals surface area contributed by atoms with Crippen LogP contribution in [0.4, 0.5) is 0 Å². The molecule has 140 valence electrons. The number of nitrogens with zero attached hydrogens (tertiary/aromatic N) is 3. The van der Waals surface area contributed by atoms with Gasteiger partial charge in [-0.2, -0.15) is 17.0 Å². The lowest BCUT2D eigenvalue weighted by atomic mass is 9.78. The van der Waals surface area contributed by atoms with Crippen molar-refractivity contribution in [2.75, 3.05) is 40.4 Å². The molecule has 0 N–H and O–H groups in total. The van der Waals surface area contributed by atoms with E-state index in [1.54, 1.807) is 30.8 Å². The van der Waals surface area contributed by atoms with Crippen molar-refractivity contribution >= 4 is 10.2 Å². The van der Waals surface area contributed by atoms with Crippen molar-refractivity contribution in [2.45, 2.75) is 31.3 Å². The van der Waals surface area contributed by atoms with E-state index in [2.05, 4.69) is 4.98 Å². The molecule has 25 heavy (non-hydrogen) atoms. The fourth-order valence-corrected chi connectivity index (χ4v) is 4.93. The van der Waals surface area contributed by atoms with Gasteiger partial charge in [-0.25, -0.2) is 0 Å². The molecular formula is C17H27N3O4S. The van der Waals surface area contributed by atoms with Gasteiger partial charge in [-0.3, -0.25) is 4.98 Å². The van der Waals surface area contributed by atoms with Crippen LogP contribution >= 0.6 is 0 Å². The third kappa shape index (κ3) is 3.97. The number of ether oxygens (including phenoxy) is 2. The van der Waals surface area contributed by atoms with E-state index in [0.29, 0.717) is 25.6 Å². The Morgan fingerprint density at radius 2 is 2.16 bits per heavy atom. The third-order valence-electron chi connectivity index (χ3n) is 5.33.